The highest BCUT2D eigenvalue weighted by Crippen LogP contribution is 2.26. The third-order valence-electron chi connectivity index (χ3n) is 3.54. The zero-order chi connectivity index (χ0) is 22.3. The zero-order valence-corrected chi connectivity index (χ0v) is 20.5. The van der Waals surface area contributed by atoms with Crippen molar-refractivity contribution in [3.05, 3.63) is 56.5 Å². The van der Waals surface area contributed by atoms with Crippen LogP contribution in [0, 0.1) is 6.92 Å². The molecular formula is C20H21Br2N3O4S. The molecule has 0 saturated heterocycles. The number of halogens is 2. The molecule has 7 nitrogen and oxygen atoms in total. The smallest absolute Gasteiger partial charge is 0.276 e. The summed E-state index contributed by atoms with van der Waals surface area (Å²) in [5.41, 5.74) is 6.22. The highest BCUT2D eigenvalue weighted by molar-refractivity contribution is 9.10. The zero-order valence-electron chi connectivity index (χ0n) is 16.5. The van der Waals surface area contributed by atoms with E-state index in [1.165, 1.54) is 0 Å². The number of rotatable bonds is 6. The summed E-state index contributed by atoms with van der Waals surface area (Å²) in [6, 6.07) is 10.6. The Balaban J connectivity index is 1.86. The van der Waals surface area contributed by atoms with Gasteiger partial charge in [-0.1, -0.05) is 22.0 Å². The summed E-state index contributed by atoms with van der Waals surface area (Å²) in [4.78, 5) is 24.5. The lowest BCUT2D eigenvalue weighted by molar-refractivity contribution is -0.123. The molecule has 3 N–H and O–H groups in total. The summed E-state index contributed by atoms with van der Waals surface area (Å²) < 4.78 is 12.6. The predicted molar refractivity (Wildman–Crippen MR) is 126 cm³/mol. The maximum Gasteiger partial charge on any atom is 0.276 e. The summed E-state index contributed by atoms with van der Waals surface area (Å²) in [7, 11) is 0. The maximum atomic E-state index is 12.5. The van der Waals surface area contributed by atoms with Gasteiger partial charge in [-0.3, -0.25) is 25.8 Å². The van der Waals surface area contributed by atoms with E-state index < -0.39 is 11.8 Å². The SMILES string of the molecule is Cc1ccc(OCC(=O)NNC(=S)NC(=O)c2cc(Br)ccc2OC(C)C)c(Br)c1. The number of carbonyl (C=O) groups excluding carboxylic acids is 2. The van der Waals surface area contributed by atoms with E-state index in [0.29, 0.717) is 17.1 Å². The number of thiocarbonyl (C=S) groups is 1. The van der Waals surface area contributed by atoms with E-state index in [-0.39, 0.29) is 17.8 Å². The van der Waals surface area contributed by atoms with Crippen molar-refractivity contribution in [1.29, 1.82) is 0 Å². The van der Waals surface area contributed by atoms with Crippen LogP contribution in [0.5, 0.6) is 11.5 Å². The van der Waals surface area contributed by atoms with Gasteiger partial charge in [-0.2, -0.15) is 0 Å². The third-order valence-corrected chi connectivity index (χ3v) is 4.85. The molecule has 0 saturated carbocycles. The van der Waals surface area contributed by atoms with Gasteiger partial charge in [0.1, 0.15) is 11.5 Å². The standard InChI is InChI=1S/C20H21Br2N3O4S/c1-11(2)29-16-7-5-13(21)9-14(16)19(27)23-20(30)25-24-18(26)10-28-17-6-4-12(3)8-15(17)22/h4-9,11H,10H2,1-3H3,(H,24,26)(H2,23,25,27,30). The number of aryl methyl sites for hydroxylation is 1. The van der Waals surface area contributed by atoms with Crippen molar-refractivity contribution in [1.82, 2.24) is 16.2 Å². The number of nitrogens with one attached hydrogen (secondary N) is 3. The quantitative estimate of drug-likeness (QED) is 0.366. The Morgan fingerprint density at radius 2 is 1.77 bits per heavy atom. The van der Waals surface area contributed by atoms with Crippen LogP contribution >= 0.6 is 44.1 Å². The van der Waals surface area contributed by atoms with Crippen molar-refractivity contribution in [2.24, 2.45) is 0 Å². The Kier molecular flexibility index (Phi) is 9.07. The first-order valence-corrected chi connectivity index (χ1v) is 10.9. The minimum Gasteiger partial charge on any atom is -0.490 e. The third kappa shape index (κ3) is 7.58. The van der Waals surface area contributed by atoms with Gasteiger partial charge < -0.3 is 9.47 Å². The molecule has 10 heteroatoms. The largest absolute Gasteiger partial charge is 0.490 e. The first kappa shape index (κ1) is 24.1. The Hall–Kier alpha value is -2.17. The fourth-order valence-corrected chi connectivity index (χ4v) is 3.38. The Labute approximate surface area is 197 Å². The first-order chi connectivity index (χ1) is 14.2. The summed E-state index contributed by atoms with van der Waals surface area (Å²) >= 11 is 11.8. The second-order valence-corrected chi connectivity index (χ2v) is 8.66. The minimum atomic E-state index is -0.474. The van der Waals surface area contributed by atoms with Gasteiger partial charge in [0.05, 0.1) is 16.1 Å². The number of amides is 2. The summed E-state index contributed by atoms with van der Waals surface area (Å²) in [6.45, 7) is 5.45. The molecule has 0 atom stereocenters. The number of hydrazine groups is 1. The molecule has 0 aliphatic carbocycles. The van der Waals surface area contributed by atoms with E-state index >= 15 is 0 Å². The lowest BCUT2D eigenvalue weighted by Gasteiger charge is -2.15. The molecule has 0 fully saturated rings. The Bertz CT molecular complexity index is 954. The van der Waals surface area contributed by atoms with E-state index in [0.717, 1.165) is 14.5 Å². The van der Waals surface area contributed by atoms with Gasteiger partial charge in [-0.05, 0) is 84.8 Å². The lowest BCUT2D eigenvalue weighted by Crippen LogP contribution is -2.49. The second kappa shape index (κ2) is 11.3. The van der Waals surface area contributed by atoms with Crippen LogP contribution in [-0.2, 0) is 4.79 Å². The second-order valence-electron chi connectivity index (χ2n) is 6.49. The van der Waals surface area contributed by atoms with Crippen LogP contribution in [0.25, 0.3) is 0 Å². The fourth-order valence-electron chi connectivity index (χ4n) is 2.27. The molecular weight excluding hydrogens is 538 g/mol. The molecule has 2 aromatic rings. The van der Waals surface area contributed by atoms with Crippen LogP contribution in [0.3, 0.4) is 0 Å². The molecule has 2 amide bonds. The first-order valence-electron chi connectivity index (χ1n) is 8.91. The van der Waals surface area contributed by atoms with Gasteiger partial charge in [0.2, 0.25) is 0 Å². The molecule has 0 heterocycles. The van der Waals surface area contributed by atoms with Crippen LogP contribution in [-0.4, -0.2) is 29.6 Å². The number of hydrogen-bond acceptors (Lipinski definition) is 5. The van der Waals surface area contributed by atoms with Crippen LogP contribution in [0.4, 0.5) is 0 Å². The van der Waals surface area contributed by atoms with Crippen LogP contribution < -0.4 is 25.6 Å². The molecule has 0 spiro atoms. The molecule has 2 aromatic carbocycles. The molecule has 0 aliphatic heterocycles. The van der Waals surface area contributed by atoms with Crippen LogP contribution in [0.1, 0.15) is 29.8 Å². The van der Waals surface area contributed by atoms with Crippen LogP contribution in [0.15, 0.2) is 45.3 Å². The number of benzene rings is 2. The van der Waals surface area contributed by atoms with Crippen molar-refractivity contribution in [2.75, 3.05) is 6.61 Å². The Morgan fingerprint density at radius 1 is 1.07 bits per heavy atom. The van der Waals surface area contributed by atoms with Gasteiger partial charge in [-0.15, -0.1) is 0 Å². The summed E-state index contributed by atoms with van der Waals surface area (Å²) in [5, 5.41) is 2.43. The van der Waals surface area contributed by atoms with Gasteiger partial charge in [-0.25, -0.2) is 0 Å². The van der Waals surface area contributed by atoms with Crippen molar-refractivity contribution >= 4 is 61.0 Å². The normalized spacial score (nSPS) is 10.3. The van der Waals surface area contributed by atoms with E-state index in [4.69, 9.17) is 21.7 Å². The molecule has 0 aromatic heterocycles. The van der Waals surface area contributed by atoms with Gasteiger partial charge in [0.15, 0.2) is 11.7 Å². The van der Waals surface area contributed by atoms with Crippen molar-refractivity contribution in [3.63, 3.8) is 0 Å². The minimum absolute atomic E-state index is 0.0691. The van der Waals surface area contributed by atoms with Crippen molar-refractivity contribution in [2.45, 2.75) is 26.9 Å². The molecule has 0 unspecified atom stereocenters. The molecule has 0 aliphatic rings. The lowest BCUT2D eigenvalue weighted by atomic mass is 10.2. The molecule has 2 rings (SSSR count). The van der Waals surface area contributed by atoms with E-state index in [2.05, 4.69) is 48.0 Å². The Morgan fingerprint density at radius 3 is 2.43 bits per heavy atom. The van der Waals surface area contributed by atoms with E-state index in [1.807, 2.05) is 32.9 Å². The molecule has 160 valence electrons. The average Bonchev–Trinajstić information content (AvgIpc) is 2.66. The van der Waals surface area contributed by atoms with Crippen molar-refractivity contribution in [3.8, 4) is 11.5 Å². The predicted octanol–water partition coefficient (Wildman–Crippen LogP) is 4.02. The summed E-state index contributed by atoms with van der Waals surface area (Å²) in [6.07, 6.45) is -0.101. The van der Waals surface area contributed by atoms with Gasteiger partial charge >= 0.3 is 0 Å². The average molecular weight is 559 g/mol. The molecule has 30 heavy (non-hydrogen) atoms. The maximum absolute atomic E-state index is 12.5. The van der Waals surface area contributed by atoms with E-state index in [9.17, 15) is 9.59 Å². The van der Waals surface area contributed by atoms with E-state index in [1.54, 1.807) is 24.3 Å². The topological polar surface area (TPSA) is 88.7 Å². The number of hydrogen-bond donors (Lipinski definition) is 3. The highest BCUT2D eigenvalue weighted by Gasteiger charge is 2.16. The number of carbonyl (C=O) groups is 2. The fraction of sp³-hybridized carbons (Fsp3) is 0.250. The molecule has 0 bridgehead atoms. The van der Waals surface area contributed by atoms with Gasteiger partial charge in [0, 0.05) is 4.47 Å². The molecule has 0 radical (unpaired) electrons. The summed E-state index contributed by atoms with van der Waals surface area (Å²) in [5.74, 6) is 0.0254. The highest BCUT2D eigenvalue weighted by atomic mass is 79.9. The van der Waals surface area contributed by atoms with Gasteiger partial charge in [0.25, 0.3) is 11.8 Å². The number of ether oxygens (including phenoxy) is 2. The van der Waals surface area contributed by atoms with Crippen LogP contribution in [0.2, 0.25) is 0 Å². The monoisotopic (exact) mass is 557 g/mol. The van der Waals surface area contributed by atoms with Crippen molar-refractivity contribution < 1.29 is 19.1 Å².